The fraction of sp³-hybridized carbons (Fsp3) is 0.882. The molecule has 2 atom stereocenters. The minimum absolute atomic E-state index is 0.0268. The highest BCUT2D eigenvalue weighted by molar-refractivity contribution is 5.80. The predicted molar refractivity (Wildman–Crippen MR) is 94.7 cm³/mol. The van der Waals surface area contributed by atoms with Crippen LogP contribution in [-0.2, 0) is 9.53 Å². The number of nitrogens with one attached hydrogen (secondary N) is 3. The maximum absolute atomic E-state index is 11.4. The Kier molecular flexibility index (Phi) is 10.6. The first-order valence-electron chi connectivity index (χ1n) is 8.64. The molecule has 0 aromatic carbocycles. The molecular formula is C17H35N3O4. The van der Waals surface area contributed by atoms with E-state index in [1.54, 1.807) is 20.8 Å². The van der Waals surface area contributed by atoms with E-state index in [1.807, 2.05) is 0 Å². The molecule has 0 bridgehead atoms. The van der Waals surface area contributed by atoms with Crippen molar-refractivity contribution < 1.29 is 19.4 Å². The maximum Gasteiger partial charge on any atom is 0.407 e. The average Bonchev–Trinajstić information content (AvgIpc) is 2.79. The molecule has 0 aliphatic carbocycles. The molecule has 1 fully saturated rings. The van der Waals surface area contributed by atoms with Gasteiger partial charge in [0, 0.05) is 26.2 Å². The molecule has 1 rings (SSSR count). The predicted octanol–water partition coefficient (Wildman–Crippen LogP) is 1.26. The van der Waals surface area contributed by atoms with Crippen molar-refractivity contribution in [2.75, 3.05) is 26.2 Å². The van der Waals surface area contributed by atoms with Gasteiger partial charge < -0.3 is 25.8 Å². The van der Waals surface area contributed by atoms with Crippen molar-refractivity contribution in [2.24, 2.45) is 11.8 Å². The molecule has 1 aliphatic rings. The van der Waals surface area contributed by atoms with Crippen LogP contribution in [0.25, 0.3) is 0 Å². The van der Waals surface area contributed by atoms with E-state index in [0.717, 1.165) is 12.3 Å². The normalized spacial score (nSPS) is 18.5. The lowest BCUT2D eigenvalue weighted by atomic mass is 10.1. The van der Waals surface area contributed by atoms with Gasteiger partial charge in [-0.3, -0.25) is 4.79 Å². The summed E-state index contributed by atoms with van der Waals surface area (Å²) in [5, 5.41) is 18.0. The first-order valence-corrected chi connectivity index (χ1v) is 8.64. The van der Waals surface area contributed by atoms with E-state index in [0.29, 0.717) is 19.6 Å². The third-order valence-corrected chi connectivity index (χ3v) is 2.81. The van der Waals surface area contributed by atoms with Crippen LogP contribution in [0.3, 0.4) is 0 Å². The van der Waals surface area contributed by atoms with E-state index in [1.165, 1.54) is 0 Å². The second kappa shape index (κ2) is 11.3. The zero-order chi connectivity index (χ0) is 18.8. The van der Waals surface area contributed by atoms with Crippen LogP contribution in [0.2, 0.25) is 0 Å². The molecule has 4 N–H and O–H groups in total. The smallest absolute Gasteiger partial charge is 0.407 e. The molecule has 2 amide bonds. The summed E-state index contributed by atoms with van der Waals surface area (Å²) >= 11 is 0. The zero-order valence-corrected chi connectivity index (χ0v) is 15.9. The number of aliphatic hydroxyl groups is 1. The summed E-state index contributed by atoms with van der Waals surface area (Å²) in [6.07, 6.45) is -0.448. The Bertz CT molecular complexity index is 378. The number of carbonyl (C=O) groups is 2. The van der Waals surface area contributed by atoms with Crippen molar-refractivity contribution in [3.05, 3.63) is 0 Å². The Morgan fingerprint density at radius 2 is 1.92 bits per heavy atom. The van der Waals surface area contributed by atoms with Gasteiger partial charge in [-0.1, -0.05) is 20.8 Å². The number of ether oxygens (including phenoxy) is 1. The summed E-state index contributed by atoms with van der Waals surface area (Å²) in [7, 11) is 0. The average molecular weight is 345 g/mol. The minimum atomic E-state index is -0.716. The largest absolute Gasteiger partial charge is 0.444 e. The van der Waals surface area contributed by atoms with Crippen molar-refractivity contribution in [1.82, 2.24) is 16.0 Å². The van der Waals surface area contributed by atoms with Crippen molar-refractivity contribution >= 4 is 12.0 Å². The molecule has 1 saturated heterocycles. The lowest BCUT2D eigenvalue weighted by Crippen LogP contribution is -2.41. The van der Waals surface area contributed by atoms with Crippen LogP contribution in [-0.4, -0.2) is 55.0 Å². The van der Waals surface area contributed by atoms with Gasteiger partial charge >= 0.3 is 6.09 Å². The van der Waals surface area contributed by atoms with E-state index in [4.69, 9.17) is 4.74 Å². The number of amides is 2. The third kappa shape index (κ3) is 13.1. The molecule has 1 heterocycles. The van der Waals surface area contributed by atoms with Crippen molar-refractivity contribution in [3.63, 3.8) is 0 Å². The van der Waals surface area contributed by atoms with Crippen molar-refractivity contribution in [2.45, 2.75) is 59.7 Å². The van der Waals surface area contributed by atoms with Gasteiger partial charge in [0.15, 0.2) is 0 Å². The second-order valence-corrected chi connectivity index (χ2v) is 7.70. The van der Waals surface area contributed by atoms with Crippen LogP contribution in [0.1, 0.15) is 48.0 Å². The van der Waals surface area contributed by atoms with Gasteiger partial charge in [0.25, 0.3) is 0 Å². The van der Waals surface area contributed by atoms with Crippen LogP contribution >= 0.6 is 0 Å². The van der Waals surface area contributed by atoms with E-state index in [-0.39, 0.29) is 18.4 Å². The highest BCUT2D eigenvalue weighted by Gasteiger charge is 2.23. The molecule has 0 aromatic heterocycles. The summed E-state index contributed by atoms with van der Waals surface area (Å²) in [5.74, 6) is 0.861. The lowest BCUT2D eigenvalue weighted by Gasteiger charge is -2.20. The van der Waals surface area contributed by atoms with Crippen LogP contribution in [0.4, 0.5) is 4.79 Å². The minimum Gasteiger partial charge on any atom is -0.444 e. The van der Waals surface area contributed by atoms with Gasteiger partial charge in [-0.2, -0.15) is 0 Å². The van der Waals surface area contributed by atoms with Gasteiger partial charge in [-0.05, 0) is 33.1 Å². The molecule has 1 aliphatic heterocycles. The maximum atomic E-state index is 11.4. The van der Waals surface area contributed by atoms with Gasteiger partial charge in [0.1, 0.15) is 5.60 Å². The number of rotatable bonds is 6. The number of hydrogen-bond acceptors (Lipinski definition) is 5. The number of alkyl carbamates (subject to hydrolysis) is 1. The van der Waals surface area contributed by atoms with Crippen molar-refractivity contribution in [3.8, 4) is 0 Å². The Morgan fingerprint density at radius 3 is 2.38 bits per heavy atom. The molecule has 7 nitrogen and oxygen atoms in total. The first kappa shape index (κ1) is 22.7. The Hall–Kier alpha value is -1.34. The molecule has 0 aromatic rings. The van der Waals surface area contributed by atoms with E-state index >= 15 is 0 Å². The van der Waals surface area contributed by atoms with Gasteiger partial charge in [0.2, 0.25) is 5.91 Å². The number of hydrogen-bond donors (Lipinski definition) is 4. The number of carbonyl (C=O) groups excluding carboxylic acids is 2. The summed E-state index contributed by atoms with van der Waals surface area (Å²) in [4.78, 5) is 22.7. The molecule has 1 unspecified atom stereocenters. The SMILES string of the molecule is CC(C)(C)OC(=O)NCC(O)CNC[C@@H]1CCNC1=O.CC(C)C. The first-order chi connectivity index (χ1) is 11.0. The van der Waals surface area contributed by atoms with E-state index in [9.17, 15) is 14.7 Å². The Morgan fingerprint density at radius 1 is 1.33 bits per heavy atom. The Labute approximate surface area is 145 Å². The standard InChI is InChI=1S/C13H25N3O4.C4H10/c1-13(2,3)20-12(19)16-8-10(17)7-14-6-9-4-5-15-11(9)18;1-4(2)3/h9-10,14,17H,4-8H2,1-3H3,(H,15,18)(H,16,19);4H,1-3H3/t9-,10?;/m0./s1. The third-order valence-electron chi connectivity index (χ3n) is 2.81. The zero-order valence-electron chi connectivity index (χ0n) is 15.9. The van der Waals surface area contributed by atoms with Crippen molar-refractivity contribution in [1.29, 1.82) is 0 Å². The fourth-order valence-corrected chi connectivity index (χ4v) is 1.85. The molecule has 142 valence electrons. The number of aliphatic hydroxyl groups excluding tert-OH is 1. The lowest BCUT2D eigenvalue weighted by molar-refractivity contribution is -0.122. The quantitative estimate of drug-likeness (QED) is 0.581. The molecule has 0 radical (unpaired) electrons. The molecule has 7 heteroatoms. The van der Waals surface area contributed by atoms with Gasteiger partial charge in [0.05, 0.1) is 12.0 Å². The summed E-state index contributed by atoms with van der Waals surface area (Å²) < 4.78 is 5.05. The van der Waals surface area contributed by atoms with E-state index < -0.39 is 17.8 Å². The molecular weight excluding hydrogens is 310 g/mol. The molecule has 0 saturated carbocycles. The van der Waals surface area contributed by atoms with E-state index in [2.05, 4.69) is 36.7 Å². The van der Waals surface area contributed by atoms with Gasteiger partial charge in [-0.15, -0.1) is 0 Å². The Balaban J connectivity index is 0.00000118. The summed E-state index contributed by atoms with van der Waals surface area (Å²) in [6, 6.07) is 0. The van der Waals surface area contributed by atoms with Crippen LogP contribution in [0, 0.1) is 11.8 Å². The highest BCUT2D eigenvalue weighted by Crippen LogP contribution is 2.07. The summed E-state index contributed by atoms with van der Waals surface area (Å²) in [6.45, 7) is 13.5. The fourth-order valence-electron chi connectivity index (χ4n) is 1.85. The topological polar surface area (TPSA) is 99.7 Å². The van der Waals surface area contributed by atoms with Crippen LogP contribution in [0.5, 0.6) is 0 Å². The second-order valence-electron chi connectivity index (χ2n) is 7.70. The van der Waals surface area contributed by atoms with Gasteiger partial charge in [-0.25, -0.2) is 4.79 Å². The molecule has 24 heavy (non-hydrogen) atoms. The van der Waals surface area contributed by atoms with Crippen LogP contribution in [0.15, 0.2) is 0 Å². The molecule has 0 spiro atoms. The van der Waals surface area contributed by atoms with Crippen LogP contribution < -0.4 is 16.0 Å². The highest BCUT2D eigenvalue weighted by atomic mass is 16.6. The monoisotopic (exact) mass is 345 g/mol. The summed E-state index contributed by atoms with van der Waals surface area (Å²) in [5.41, 5.74) is -0.552.